The van der Waals surface area contributed by atoms with Crippen LogP contribution in [0.15, 0.2) is 54.6 Å². The first kappa shape index (κ1) is 20.6. The smallest absolute Gasteiger partial charge is 0.127 e. The van der Waals surface area contributed by atoms with Gasteiger partial charge in [-0.2, -0.15) is 0 Å². The lowest BCUT2D eigenvalue weighted by atomic mass is 9.96. The molecule has 0 saturated carbocycles. The van der Waals surface area contributed by atoms with Gasteiger partial charge in [0.05, 0.1) is 0 Å². The number of rotatable bonds is 4. The fourth-order valence-electron chi connectivity index (χ4n) is 2.10. The Hall–Kier alpha value is -2.35. The molecule has 2 nitrogen and oxygen atoms in total. The quantitative estimate of drug-likeness (QED) is 0.652. The Morgan fingerprint density at radius 1 is 0.957 bits per heavy atom. The van der Waals surface area contributed by atoms with Gasteiger partial charge in [0, 0.05) is 17.3 Å². The average molecular weight is 311 g/mol. The lowest BCUT2D eigenvalue weighted by Gasteiger charge is -2.11. The third kappa shape index (κ3) is 6.11. The van der Waals surface area contributed by atoms with Gasteiger partial charge < -0.3 is 10.5 Å². The first-order valence-corrected chi connectivity index (χ1v) is 8.26. The molecule has 0 unspecified atom stereocenters. The van der Waals surface area contributed by atoms with Crippen molar-refractivity contribution in [3.8, 4) is 16.9 Å². The summed E-state index contributed by atoms with van der Waals surface area (Å²) in [6, 6.07) is 13.8. The number of hydrogen-bond donors (Lipinski definition) is 2. The predicted octanol–water partition coefficient (Wildman–Crippen LogP) is 6.17. The zero-order valence-electron chi connectivity index (χ0n) is 14.9. The minimum absolute atomic E-state index is 0.334. The molecular formula is C21H29NO. The summed E-state index contributed by atoms with van der Waals surface area (Å²) in [5.41, 5.74) is 3.84. The second-order valence-corrected chi connectivity index (χ2v) is 4.42. The van der Waals surface area contributed by atoms with Gasteiger partial charge in [-0.15, -0.1) is 0 Å². The standard InChI is InChI=1S/C17H17NO.2C2H6/c1-13-10-11-16(14-7-3-2-4-8-14)17(19)15(13)9-5-6-12-18;2*1-2/h2-8,10-12,18-19H,9H2,1H3;2*1-2H3/b6-5-,18-12?;;. The fourth-order valence-corrected chi connectivity index (χ4v) is 2.10. The van der Waals surface area contributed by atoms with Gasteiger partial charge in [0.1, 0.15) is 5.75 Å². The summed E-state index contributed by atoms with van der Waals surface area (Å²) in [5.74, 6) is 0.334. The van der Waals surface area contributed by atoms with E-state index in [9.17, 15) is 5.11 Å². The molecule has 0 fully saturated rings. The highest BCUT2D eigenvalue weighted by molar-refractivity contribution is 5.73. The SMILES string of the molecule is CC.CC.Cc1ccc(-c2ccccc2)c(O)c1C/C=C\C=N. The van der Waals surface area contributed by atoms with Crippen molar-refractivity contribution < 1.29 is 5.11 Å². The number of nitrogens with one attached hydrogen (secondary N) is 1. The van der Waals surface area contributed by atoms with Gasteiger partial charge in [-0.25, -0.2) is 0 Å². The van der Waals surface area contributed by atoms with E-state index in [2.05, 4.69) is 0 Å². The van der Waals surface area contributed by atoms with Crippen LogP contribution in [0.25, 0.3) is 11.1 Å². The van der Waals surface area contributed by atoms with Crippen molar-refractivity contribution in [1.29, 1.82) is 5.41 Å². The molecule has 23 heavy (non-hydrogen) atoms. The molecule has 0 spiro atoms. The van der Waals surface area contributed by atoms with Gasteiger partial charge in [0.25, 0.3) is 0 Å². The lowest BCUT2D eigenvalue weighted by molar-refractivity contribution is 0.471. The Balaban J connectivity index is 0.00000112. The molecular weight excluding hydrogens is 282 g/mol. The maximum atomic E-state index is 10.4. The van der Waals surface area contributed by atoms with Crippen LogP contribution in [0.4, 0.5) is 0 Å². The Kier molecular flexibility index (Phi) is 11.0. The first-order valence-electron chi connectivity index (χ1n) is 8.26. The van der Waals surface area contributed by atoms with Crippen molar-refractivity contribution in [1.82, 2.24) is 0 Å². The molecule has 2 aromatic carbocycles. The summed E-state index contributed by atoms with van der Waals surface area (Å²) in [6.07, 6.45) is 5.43. The van der Waals surface area contributed by atoms with Crippen LogP contribution >= 0.6 is 0 Å². The second kappa shape index (κ2) is 12.2. The molecule has 2 rings (SSSR count). The zero-order valence-corrected chi connectivity index (χ0v) is 14.9. The minimum atomic E-state index is 0.334. The lowest BCUT2D eigenvalue weighted by Crippen LogP contribution is -1.91. The molecule has 0 bridgehead atoms. The van der Waals surface area contributed by atoms with Gasteiger partial charge in [0.15, 0.2) is 0 Å². The van der Waals surface area contributed by atoms with Crippen molar-refractivity contribution in [3.05, 3.63) is 65.7 Å². The van der Waals surface area contributed by atoms with E-state index in [-0.39, 0.29) is 0 Å². The summed E-state index contributed by atoms with van der Waals surface area (Å²) < 4.78 is 0. The summed E-state index contributed by atoms with van der Waals surface area (Å²) in [4.78, 5) is 0. The number of aryl methyl sites for hydroxylation is 1. The third-order valence-electron chi connectivity index (χ3n) is 3.16. The van der Waals surface area contributed by atoms with E-state index in [1.807, 2.05) is 83.2 Å². The molecule has 0 aliphatic heterocycles. The van der Waals surface area contributed by atoms with Gasteiger partial charge >= 0.3 is 0 Å². The summed E-state index contributed by atoms with van der Waals surface area (Å²) >= 11 is 0. The monoisotopic (exact) mass is 311 g/mol. The van der Waals surface area contributed by atoms with E-state index in [1.165, 1.54) is 6.21 Å². The number of benzene rings is 2. The van der Waals surface area contributed by atoms with Gasteiger partial charge in [-0.3, -0.25) is 0 Å². The largest absolute Gasteiger partial charge is 0.507 e. The third-order valence-corrected chi connectivity index (χ3v) is 3.16. The van der Waals surface area contributed by atoms with E-state index in [1.54, 1.807) is 6.08 Å². The topological polar surface area (TPSA) is 44.1 Å². The van der Waals surface area contributed by atoms with E-state index in [4.69, 9.17) is 5.41 Å². The maximum absolute atomic E-state index is 10.4. The maximum Gasteiger partial charge on any atom is 0.127 e. The highest BCUT2D eigenvalue weighted by Crippen LogP contribution is 2.34. The molecule has 2 heteroatoms. The second-order valence-electron chi connectivity index (χ2n) is 4.42. The van der Waals surface area contributed by atoms with Crippen LogP contribution in [0.2, 0.25) is 0 Å². The van der Waals surface area contributed by atoms with Crippen molar-refractivity contribution in [3.63, 3.8) is 0 Å². The Morgan fingerprint density at radius 2 is 1.57 bits per heavy atom. The van der Waals surface area contributed by atoms with Crippen LogP contribution in [-0.2, 0) is 6.42 Å². The van der Waals surface area contributed by atoms with Crippen molar-refractivity contribution in [2.45, 2.75) is 41.0 Å². The number of phenolic OH excluding ortho intramolecular Hbond substituents is 1. The first-order chi connectivity index (χ1) is 11.2. The minimum Gasteiger partial charge on any atom is -0.507 e. The zero-order chi connectivity index (χ0) is 17.7. The molecule has 0 amide bonds. The normalized spacial score (nSPS) is 9.43. The van der Waals surface area contributed by atoms with E-state index < -0.39 is 0 Å². The van der Waals surface area contributed by atoms with E-state index >= 15 is 0 Å². The van der Waals surface area contributed by atoms with Crippen LogP contribution in [0.3, 0.4) is 0 Å². The van der Waals surface area contributed by atoms with Crippen molar-refractivity contribution in [2.75, 3.05) is 0 Å². The van der Waals surface area contributed by atoms with Gasteiger partial charge in [-0.1, -0.05) is 76.2 Å². The molecule has 0 heterocycles. The summed E-state index contributed by atoms with van der Waals surface area (Å²) in [5, 5.41) is 17.4. The number of phenols is 1. The predicted molar refractivity (Wildman–Crippen MR) is 103 cm³/mol. The van der Waals surface area contributed by atoms with Gasteiger partial charge in [-0.05, 0) is 30.5 Å². The van der Waals surface area contributed by atoms with Crippen molar-refractivity contribution in [2.24, 2.45) is 0 Å². The highest BCUT2D eigenvalue weighted by Gasteiger charge is 2.10. The average Bonchev–Trinajstić information content (AvgIpc) is 2.62. The number of hydrogen-bond acceptors (Lipinski definition) is 2. The highest BCUT2D eigenvalue weighted by atomic mass is 16.3. The molecule has 0 aromatic heterocycles. The summed E-state index contributed by atoms with van der Waals surface area (Å²) in [6.45, 7) is 9.99. The molecule has 0 aliphatic carbocycles. The Morgan fingerprint density at radius 3 is 2.13 bits per heavy atom. The molecule has 0 aliphatic rings. The molecule has 0 radical (unpaired) electrons. The van der Waals surface area contributed by atoms with Crippen LogP contribution < -0.4 is 0 Å². The fraction of sp³-hybridized carbons (Fsp3) is 0.286. The molecule has 2 N–H and O–H groups in total. The molecule has 0 atom stereocenters. The van der Waals surface area contributed by atoms with Gasteiger partial charge in [0.2, 0.25) is 0 Å². The Labute approximate surface area is 141 Å². The molecule has 124 valence electrons. The van der Waals surface area contributed by atoms with Crippen LogP contribution in [0.1, 0.15) is 38.8 Å². The number of allylic oxidation sites excluding steroid dienone is 2. The van der Waals surface area contributed by atoms with E-state index in [0.717, 1.165) is 22.3 Å². The molecule has 2 aromatic rings. The van der Waals surface area contributed by atoms with Crippen LogP contribution in [-0.4, -0.2) is 11.3 Å². The molecule has 0 saturated heterocycles. The Bertz CT molecular complexity index is 601. The van der Waals surface area contributed by atoms with E-state index in [0.29, 0.717) is 12.2 Å². The summed E-state index contributed by atoms with van der Waals surface area (Å²) in [7, 11) is 0. The van der Waals surface area contributed by atoms with Crippen molar-refractivity contribution >= 4 is 6.21 Å². The number of aromatic hydroxyl groups is 1. The van der Waals surface area contributed by atoms with Crippen LogP contribution in [0, 0.1) is 12.3 Å². The van der Waals surface area contributed by atoms with Crippen LogP contribution in [0.5, 0.6) is 5.75 Å².